The van der Waals surface area contributed by atoms with Crippen LogP contribution in [0.3, 0.4) is 0 Å². The average Bonchev–Trinajstić information content (AvgIpc) is 2.94. The Morgan fingerprint density at radius 1 is 1.13 bits per heavy atom. The van der Waals surface area contributed by atoms with Gasteiger partial charge < -0.3 is 20.1 Å². The van der Waals surface area contributed by atoms with Crippen LogP contribution in [0.15, 0.2) is 66.1 Å². The van der Waals surface area contributed by atoms with Crippen molar-refractivity contribution >= 4 is 40.2 Å². The molecule has 2 aromatic heterocycles. The number of hydrogen-bond donors (Lipinski definition) is 2. The summed E-state index contributed by atoms with van der Waals surface area (Å²) < 4.78 is 12.5. The Balaban J connectivity index is 1.88. The van der Waals surface area contributed by atoms with Gasteiger partial charge in [0.2, 0.25) is 11.9 Å². The molecule has 10 heteroatoms. The van der Waals surface area contributed by atoms with E-state index in [1.807, 2.05) is 38.1 Å². The van der Waals surface area contributed by atoms with Crippen LogP contribution in [0.2, 0.25) is 5.02 Å². The van der Waals surface area contributed by atoms with Crippen molar-refractivity contribution in [2.45, 2.75) is 25.8 Å². The van der Waals surface area contributed by atoms with Crippen molar-refractivity contribution in [1.29, 1.82) is 0 Å². The molecule has 2 aromatic carbocycles. The zero-order valence-corrected chi connectivity index (χ0v) is 23.2. The number of amides is 1. The summed E-state index contributed by atoms with van der Waals surface area (Å²) in [4.78, 5) is 34.8. The SMILES string of the molecule is C=CC(=O)Nc1ccc(C(C)(C)Cn2c(=O)c(-c3cc(OC)cc(OC)c3Cl)cc3cnc(NC)nc32)cc1. The summed E-state index contributed by atoms with van der Waals surface area (Å²) in [6.45, 7) is 7.85. The van der Waals surface area contributed by atoms with Gasteiger partial charge in [0, 0.05) is 53.5 Å². The molecule has 0 aliphatic heterocycles. The van der Waals surface area contributed by atoms with Crippen molar-refractivity contribution in [1.82, 2.24) is 14.5 Å². The van der Waals surface area contributed by atoms with Gasteiger partial charge in [0.25, 0.3) is 5.56 Å². The summed E-state index contributed by atoms with van der Waals surface area (Å²) in [7, 11) is 4.76. The first-order valence-corrected chi connectivity index (χ1v) is 12.5. The van der Waals surface area contributed by atoms with Crippen molar-refractivity contribution in [3.8, 4) is 22.6 Å². The van der Waals surface area contributed by atoms with Crippen molar-refractivity contribution in [3.05, 3.63) is 82.3 Å². The normalized spacial score (nSPS) is 11.2. The zero-order valence-electron chi connectivity index (χ0n) is 22.5. The molecule has 2 N–H and O–H groups in total. The standard InChI is InChI=1S/C29H30ClN5O4/c1-7-24(36)33-19-10-8-18(9-11-19)29(2,3)16-35-26-17(15-32-28(31-4)34-26)12-22(27(35)37)21-13-20(38-5)14-23(39-6)25(21)30/h7-15H,1,16H2,2-6H3,(H,33,36)(H,31,32,34). The smallest absolute Gasteiger partial charge is 0.260 e. The number of carbonyl (C=O) groups excluding carboxylic acids is 1. The minimum atomic E-state index is -0.503. The number of aromatic nitrogens is 3. The second-order valence-electron chi connectivity index (χ2n) is 9.52. The lowest BCUT2D eigenvalue weighted by atomic mass is 9.84. The second-order valence-corrected chi connectivity index (χ2v) is 9.90. The first-order valence-electron chi connectivity index (χ1n) is 12.2. The van der Waals surface area contributed by atoms with Crippen molar-refractivity contribution < 1.29 is 14.3 Å². The molecule has 0 saturated carbocycles. The molecule has 0 aliphatic carbocycles. The highest BCUT2D eigenvalue weighted by atomic mass is 35.5. The van der Waals surface area contributed by atoms with Gasteiger partial charge >= 0.3 is 0 Å². The first-order chi connectivity index (χ1) is 18.6. The van der Waals surface area contributed by atoms with Gasteiger partial charge in [0.05, 0.1) is 19.2 Å². The van der Waals surface area contributed by atoms with E-state index in [1.165, 1.54) is 20.3 Å². The fourth-order valence-corrected chi connectivity index (χ4v) is 4.63. The molecular formula is C29H30ClN5O4. The van der Waals surface area contributed by atoms with E-state index in [2.05, 4.69) is 27.2 Å². The van der Waals surface area contributed by atoms with Crippen LogP contribution >= 0.6 is 11.6 Å². The van der Waals surface area contributed by atoms with Crippen molar-refractivity contribution in [2.24, 2.45) is 0 Å². The highest BCUT2D eigenvalue weighted by molar-refractivity contribution is 6.35. The van der Waals surface area contributed by atoms with E-state index in [1.54, 1.807) is 36.0 Å². The molecule has 2 heterocycles. The molecule has 1 amide bonds. The lowest BCUT2D eigenvalue weighted by Crippen LogP contribution is -2.33. The number of fused-ring (bicyclic) bond motifs is 1. The number of hydrogen-bond acceptors (Lipinski definition) is 7. The summed E-state index contributed by atoms with van der Waals surface area (Å²) in [6.07, 6.45) is 2.89. The fraction of sp³-hybridized carbons (Fsp3) is 0.241. The maximum Gasteiger partial charge on any atom is 0.260 e. The third-order valence-electron chi connectivity index (χ3n) is 6.48. The fourth-order valence-electron chi connectivity index (χ4n) is 4.34. The molecule has 0 unspecified atom stereocenters. The molecule has 9 nitrogen and oxygen atoms in total. The van der Waals surface area contributed by atoms with E-state index >= 15 is 0 Å². The summed E-state index contributed by atoms with van der Waals surface area (Å²) in [5.74, 6) is 1.00. The molecule has 0 saturated heterocycles. The number of carbonyl (C=O) groups is 1. The Morgan fingerprint density at radius 3 is 2.46 bits per heavy atom. The van der Waals surface area contributed by atoms with Crippen LogP contribution in [-0.4, -0.2) is 41.7 Å². The van der Waals surface area contributed by atoms with Gasteiger partial charge in [0.1, 0.15) is 17.1 Å². The molecule has 0 atom stereocenters. The minimum Gasteiger partial charge on any atom is -0.497 e. The van der Waals surface area contributed by atoms with Crippen LogP contribution in [0, 0.1) is 0 Å². The number of nitrogens with zero attached hydrogens (tertiary/aromatic N) is 3. The predicted molar refractivity (Wildman–Crippen MR) is 155 cm³/mol. The molecule has 0 aliphatic rings. The topological polar surface area (TPSA) is 107 Å². The van der Waals surface area contributed by atoms with E-state index in [9.17, 15) is 9.59 Å². The van der Waals surface area contributed by atoms with E-state index in [-0.39, 0.29) is 11.5 Å². The van der Waals surface area contributed by atoms with Crippen LogP contribution in [0.5, 0.6) is 11.5 Å². The Morgan fingerprint density at radius 2 is 1.85 bits per heavy atom. The van der Waals surface area contributed by atoms with Crippen LogP contribution < -0.4 is 25.7 Å². The molecule has 4 aromatic rings. The molecule has 0 bridgehead atoms. The van der Waals surface area contributed by atoms with Gasteiger partial charge in [-0.05, 0) is 35.9 Å². The van der Waals surface area contributed by atoms with Crippen LogP contribution in [0.4, 0.5) is 11.6 Å². The molecule has 0 spiro atoms. The van der Waals surface area contributed by atoms with Gasteiger partial charge in [-0.15, -0.1) is 0 Å². The summed E-state index contributed by atoms with van der Waals surface area (Å²) in [5, 5.41) is 6.65. The van der Waals surface area contributed by atoms with Gasteiger partial charge in [0.15, 0.2) is 0 Å². The molecule has 39 heavy (non-hydrogen) atoms. The zero-order chi connectivity index (χ0) is 28.3. The Kier molecular flexibility index (Phi) is 7.92. The van der Waals surface area contributed by atoms with E-state index in [0.29, 0.717) is 56.9 Å². The van der Waals surface area contributed by atoms with E-state index in [0.717, 1.165) is 5.56 Å². The molecule has 0 fully saturated rings. The monoisotopic (exact) mass is 547 g/mol. The highest BCUT2D eigenvalue weighted by Gasteiger charge is 2.26. The number of ether oxygens (including phenoxy) is 2. The van der Waals surface area contributed by atoms with Crippen LogP contribution in [0.1, 0.15) is 19.4 Å². The van der Waals surface area contributed by atoms with Crippen LogP contribution in [0.25, 0.3) is 22.2 Å². The van der Waals surface area contributed by atoms with E-state index in [4.69, 9.17) is 21.1 Å². The first kappa shape index (κ1) is 27.7. The molecule has 0 radical (unpaired) electrons. The van der Waals surface area contributed by atoms with Crippen LogP contribution in [-0.2, 0) is 16.8 Å². The number of rotatable bonds is 9. The Bertz CT molecular complexity index is 1610. The number of benzene rings is 2. The number of methoxy groups -OCH3 is 2. The average molecular weight is 548 g/mol. The Labute approximate surface area is 231 Å². The maximum absolute atomic E-state index is 14.1. The van der Waals surface area contributed by atoms with Gasteiger partial charge in [-0.1, -0.05) is 44.2 Å². The number of anilines is 2. The summed E-state index contributed by atoms with van der Waals surface area (Å²) in [5.41, 5.74) is 2.16. The van der Waals surface area contributed by atoms with E-state index < -0.39 is 5.41 Å². The number of pyridine rings is 1. The van der Waals surface area contributed by atoms with Crippen molar-refractivity contribution in [2.75, 3.05) is 31.9 Å². The van der Waals surface area contributed by atoms with Crippen molar-refractivity contribution in [3.63, 3.8) is 0 Å². The molecule has 202 valence electrons. The predicted octanol–water partition coefficient (Wildman–Crippen LogP) is 5.27. The second kappa shape index (κ2) is 11.2. The number of nitrogens with one attached hydrogen (secondary N) is 2. The Hall–Kier alpha value is -4.37. The third kappa shape index (κ3) is 5.58. The molecular weight excluding hydrogens is 518 g/mol. The summed E-state index contributed by atoms with van der Waals surface area (Å²) >= 11 is 6.68. The van der Waals surface area contributed by atoms with Gasteiger partial charge in [-0.3, -0.25) is 14.2 Å². The summed E-state index contributed by atoms with van der Waals surface area (Å²) in [6, 6.07) is 12.6. The third-order valence-corrected chi connectivity index (χ3v) is 6.87. The number of halogens is 1. The minimum absolute atomic E-state index is 0.275. The largest absolute Gasteiger partial charge is 0.497 e. The quantitative estimate of drug-likeness (QED) is 0.275. The lowest BCUT2D eigenvalue weighted by molar-refractivity contribution is -0.111. The lowest BCUT2D eigenvalue weighted by Gasteiger charge is -2.27. The highest BCUT2D eigenvalue weighted by Crippen LogP contribution is 2.39. The molecule has 4 rings (SSSR count). The van der Waals surface area contributed by atoms with Gasteiger partial charge in [-0.25, -0.2) is 4.98 Å². The maximum atomic E-state index is 14.1. The van der Waals surface area contributed by atoms with Gasteiger partial charge in [-0.2, -0.15) is 4.98 Å².